The maximum atomic E-state index is 12.3. The molecule has 0 radical (unpaired) electrons. The second-order valence-electron chi connectivity index (χ2n) is 6.60. The van der Waals surface area contributed by atoms with Crippen LogP contribution in [0.25, 0.3) is 0 Å². The number of carbonyl (C=O) groups excluding carboxylic acids is 1. The Hall–Kier alpha value is -2.13. The van der Waals surface area contributed by atoms with Crippen LogP contribution in [0.5, 0.6) is 5.75 Å². The number of rotatable bonds is 7. The molecular formula is C17H25FN2O5S. The lowest BCUT2D eigenvalue weighted by molar-refractivity contribution is 0.0129. The van der Waals surface area contributed by atoms with E-state index in [4.69, 9.17) is 9.47 Å². The van der Waals surface area contributed by atoms with Gasteiger partial charge in [-0.3, -0.25) is 4.90 Å². The summed E-state index contributed by atoms with van der Waals surface area (Å²) in [7, 11) is -0.646. The van der Waals surface area contributed by atoms with Gasteiger partial charge in [0.2, 0.25) is 10.0 Å². The minimum absolute atomic E-state index is 0.0293. The van der Waals surface area contributed by atoms with Crippen molar-refractivity contribution in [3.05, 3.63) is 36.7 Å². The minimum Gasteiger partial charge on any atom is -0.473 e. The lowest BCUT2D eigenvalue weighted by Crippen LogP contribution is -2.39. The molecule has 146 valence electrons. The Labute approximate surface area is 154 Å². The first-order chi connectivity index (χ1) is 12.0. The first kappa shape index (κ1) is 21.9. The van der Waals surface area contributed by atoms with Gasteiger partial charge < -0.3 is 9.47 Å². The number of ether oxygens (including phenoxy) is 2. The molecule has 0 saturated heterocycles. The maximum absolute atomic E-state index is 12.3. The van der Waals surface area contributed by atoms with Gasteiger partial charge in [-0.05, 0) is 51.1 Å². The molecule has 0 unspecified atom stereocenters. The smallest absolute Gasteiger partial charge is 0.413 e. The number of carbonyl (C=O) groups is 1. The zero-order chi connectivity index (χ0) is 20.0. The van der Waals surface area contributed by atoms with Crippen LogP contribution in [-0.4, -0.2) is 56.7 Å². The third kappa shape index (κ3) is 6.64. The fraction of sp³-hybridized carbons (Fsp3) is 0.471. The number of nitrogens with zero attached hydrogens (tertiary/aromatic N) is 2. The number of halogens is 1. The number of hydrogen-bond donors (Lipinski definition) is 0. The summed E-state index contributed by atoms with van der Waals surface area (Å²) in [5.41, 5.74) is -0.697. The normalized spacial score (nSPS) is 12.4. The Morgan fingerprint density at radius 1 is 1.19 bits per heavy atom. The van der Waals surface area contributed by atoms with Crippen LogP contribution in [-0.2, 0) is 14.8 Å². The number of hydrogen-bond acceptors (Lipinski definition) is 5. The average molecular weight is 388 g/mol. The van der Waals surface area contributed by atoms with Crippen LogP contribution in [0.1, 0.15) is 20.8 Å². The van der Waals surface area contributed by atoms with Crippen molar-refractivity contribution in [1.29, 1.82) is 0 Å². The van der Waals surface area contributed by atoms with Crippen LogP contribution in [0.15, 0.2) is 41.6 Å². The van der Waals surface area contributed by atoms with Gasteiger partial charge in [-0.15, -0.1) is 0 Å². The van der Waals surface area contributed by atoms with E-state index in [-0.39, 0.29) is 18.2 Å². The van der Waals surface area contributed by atoms with Crippen LogP contribution in [0.3, 0.4) is 0 Å². The Kier molecular flexibility index (Phi) is 7.58. The molecule has 9 heteroatoms. The van der Waals surface area contributed by atoms with E-state index >= 15 is 0 Å². The molecule has 1 aromatic carbocycles. The van der Waals surface area contributed by atoms with E-state index in [2.05, 4.69) is 0 Å². The van der Waals surface area contributed by atoms with Gasteiger partial charge in [0.05, 0.1) is 11.2 Å². The average Bonchev–Trinajstić information content (AvgIpc) is 2.53. The fourth-order valence-electron chi connectivity index (χ4n) is 1.74. The van der Waals surface area contributed by atoms with Gasteiger partial charge in [-0.1, -0.05) is 0 Å². The van der Waals surface area contributed by atoms with Crippen molar-refractivity contribution in [3.8, 4) is 5.75 Å². The summed E-state index contributed by atoms with van der Waals surface area (Å²) in [6, 6.07) is 5.77. The molecule has 0 aliphatic rings. The van der Waals surface area contributed by atoms with E-state index in [0.29, 0.717) is 12.1 Å². The second kappa shape index (κ2) is 9.00. The lowest BCUT2D eigenvalue weighted by atomic mass is 10.2. The molecule has 0 saturated carbocycles. The summed E-state index contributed by atoms with van der Waals surface area (Å²) >= 11 is 0. The van der Waals surface area contributed by atoms with E-state index in [1.807, 2.05) is 0 Å². The van der Waals surface area contributed by atoms with Gasteiger partial charge in [0, 0.05) is 20.6 Å². The van der Waals surface area contributed by atoms with Crippen molar-refractivity contribution >= 4 is 16.1 Å². The van der Waals surface area contributed by atoms with E-state index in [1.54, 1.807) is 20.8 Å². The van der Waals surface area contributed by atoms with Gasteiger partial charge in [0.25, 0.3) is 0 Å². The monoisotopic (exact) mass is 388 g/mol. The van der Waals surface area contributed by atoms with Crippen molar-refractivity contribution in [3.63, 3.8) is 0 Å². The molecule has 0 N–H and O–H groups in total. The molecular weight excluding hydrogens is 363 g/mol. The molecule has 0 atom stereocenters. The van der Waals surface area contributed by atoms with Crippen molar-refractivity contribution < 1.29 is 27.1 Å². The maximum Gasteiger partial charge on any atom is 0.413 e. The number of benzene rings is 1. The van der Waals surface area contributed by atoms with Crippen LogP contribution in [0.2, 0.25) is 0 Å². The Balaban J connectivity index is 2.81. The van der Waals surface area contributed by atoms with Crippen molar-refractivity contribution in [1.82, 2.24) is 9.21 Å². The minimum atomic E-state index is -3.53. The standard InChI is InChI=1S/C17H25FN2O5S/c1-17(2,3)25-16(21)20(12-6-11-18)13-24-14-7-9-15(10-8-14)26(22,23)19(4)5/h6-11H,12-13H2,1-5H3. The topological polar surface area (TPSA) is 76.2 Å². The zero-order valence-corrected chi connectivity index (χ0v) is 16.4. The first-order valence-electron chi connectivity index (χ1n) is 7.86. The molecule has 0 aliphatic carbocycles. The van der Waals surface area contributed by atoms with Crippen LogP contribution in [0.4, 0.5) is 9.18 Å². The lowest BCUT2D eigenvalue weighted by Gasteiger charge is -2.26. The molecule has 0 bridgehead atoms. The van der Waals surface area contributed by atoms with Gasteiger partial charge in [0.1, 0.15) is 11.4 Å². The van der Waals surface area contributed by atoms with E-state index in [9.17, 15) is 17.6 Å². The number of amides is 1. The summed E-state index contributed by atoms with van der Waals surface area (Å²) < 4.78 is 48.2. The molecule has 0 fully saturated rings. The first-order valence-corrected chi connectivity index (χ1v) is 9.30. The number of sulfonamides is 1. The summed E-state index contributed by atoms with van der Waals surface area (Å²) in [4.78, 5) is 13.4. The largest absolute Gasteiger partial charge is 0.473 e. The van der Waals surface area contributed by atoms with Crippen molar-refractivity contribution in [2.75, 3.05) is 27.4 Å². The van der Waals surface area contributed by atoms with E-state index in [0.717, 1.165) is 10.4 Å². The van der Waals surface area contributed by atoms with Gasteiger partial charge in [-0.2, -0.15) is 0 Å². The zero-order valence-electron chi connectivity index (χ0n) is 15.6. The summed E-state index contributed by atoms with van der Waals surface area (Å²) in [5, 5.41) is 0. The Morgan fingerprint density at radius 3 is 2.23 bits per heavy atom. The fourth-order valence-corrected chi connectivity index (χ4v) is 2.65. The van der Waals surface area contributed by atoms with Gasteiger partial charge in [-0.25, -0.2) is 21.9 Å². The molecule has 0 aliphatic heterocycles. The molecule has 7 nitrogen and oxygen atoms in total. The highest BCUT2D eigenvalue weighted by Gasteiger charge is 2.22. The van der Waals surface area contributed by atoms with Gasteiger partial charge >= 0.3 is 6.09 Å². The molecule has 0 aromatic heterocycles. The Bertz CT molecular complexity index is 725. The summed E-state index contributed by atoms with van der Waals surface area (Å²) in [6.45, 7) is 4.95. The highest BCUT2D eigenvalue weighted by atomic mass is 32.2. The van der Waals surface area contributed by atoms with Crippen LogP contribution < -0.4 is 4.74 Å². The third-order valence-corrected chi connectivity index (χ3v) is 4.89. The van der Waals surface area contributed by atoms with E-state index < -0.39 is 21.7 Å². The van der Waals surface area contributed by atoms with Crippen molar-refractivity contribution in [2.45, 2.75) is 31.3 Å². The highest BCUT2D eigenvalue weighted by Crippen LogP contribution is 2.18. The van der Waals surface area contributed by atoms with Crippen LogP contribution >= 0.6 is 0 Å². The molecule has 1 amide bonds. The summed E-state index contributed by atoms with van der Waals surface area (Å²) in [5.74, 6) is 0.362. The predicted octanol–water partition coefficient (Wildman–Crippen LogP) is 2.99. The predicted molar refractivity (Wildman–Crippen MR) is 96.0 cm³/mol. The van der Waals surface area contributed by atoms with Crippen molar-refractivity contribution in [2.24, 2.45) is 0 Å². The highest BCUT2D eigenvalue weighted by molar-refractivity contribution is 7.89. The second-order valence-corrected chi connectivity index (χ2v) is 8.75. The molecule has 1 aromatic rings. The SMILES string of the molecule is CN(C)S(=O)(=O)c1ccc(OCN(CC=CF)C(=O)OC(C)(C)C)cc1. The summed E-state index contributed by atoms with van der Waals surface area (Å²) in [6.07, 6.45) is 0.834. The molecule has 0 spiro atoms. The van der Waals surface area contributed by atoms with Gasteiger partial charge in [0.15, 0.2) is 6.73 Å². The molecule has 1 rings (SSSR count). The Morgan fingerprint density at radius 2 is 1.77 bits per heavy atom. The molecule has 26 heavy (non-hydrogen) atoms. The van der Waals surface area contributed by atoms with Crippen LogP contribution in [0, 0.1) is 0 Å². The third-order valence-electron chi connectivity index (χ3n) is 3.06. The van der Waals surface area contributed by atoms with E-state index in [1.165, 1.54) is 43.3 Å². The molecule has 0 heterocycles. The quantitative estimate of drug-likeness (QED) is 0.671.